The zero-order valence-corrected chi connectivity index (χ0v) is 14.8. The molecule has 0 amide bonds. The fraction of sp³-hybridized carbons (Fsp3) is 0.0500. The first-order valence-corrected chi connectivity index (χ1v) is 9.03. The second kappa shape index (κ2) is 7.84. The molecule has 3 aromatic carbocycles. The van der Waals surface area contributed by atoms with Crippen LogP contribution in [-0.4, -0.2) is 22.3 Å². The summed E-state index contributed by atoms with van der Waals surface area (Å²) in [5.74, 6) is -0.915. The Kier molecular flexibility index (Phi) is 5.34. The van der Waals surface area contributed by atoms with Gasteiger partial charge in [-0.05, 0) is 24.5 Å². The molecule has 0 aromatic heterocycles. The van der Waals surface area contributed by atoms with Gasteiger partial charge in [-0.2, -0.15) is 0 Å². The summed E-state index contributed by atoms with van der Waals surface area (Å²) in [6.07, 6.45) is 1.93. The lowest BCUT2D eigenvalue weighted by molar-refractivity contribution is 0.103. The van der Waals surface area contributed by atoms with Crippen LogP contribution in [0.15, 0.2) is 81.9 Å². The molecule has 3 rings (SSSR count). The van der Waals surface area contributed by atoms with Gasteiger partial charge in [0.25, 0.3) is 0 Å². The zero-order valence-electron chi connectivity index (χ0n) is 14.0. The fourth-order valence-electron chi connectivity index (χ4n) is 2.39. The number of hydrogen-bond acceptors (Lipinski definition) is 6. The Morgan fingerprint density at radius 1 is 0.846 bits per heavy atom. The van der Waals surface area contributed by atoms with Crippen molar-refractivity contribution in [1.82, 2.24) is 0 Å². The monoisotopic (exact) mass is 364 g/mol. The maximum Gasteiger partial charge on any atom is 0.196 e. The SMILES string of the molecule is CSc1ccccc1N=Nc1cc(C(=O)c2ccccc2)c(O)cc1O. The molecule has 2 N–H and O–H groups in total. The predicted octanol–water partition coefficient (Wildman–Crippen LogP) is 5.47. The fourth-order valence-corrected chi connectivity index (χ4v) is 2.93. The van der Waals surface area contributed by atoms with Crippen molar-refractivity contribution in [2.75, 3.05) is 6.26 Å². The van der Waals surface area contributed by atoms with E-state index >= 15 is 0 Å². The first-order valence-electron chi connectivity index (χ1n) is 7.80. The Balaban J connectivity index is 1.98. The Labute approximate surface area is 155 Å². The molecule has 0 fully saturated rings. The van der Waals surface area contributed by atoms with E-state index < -0.39 is 0 Å². The molecule has 130 valence electrons. The number of carbonyl (C=O) groups is 1. The Bertz CT molecular complexity index is 972. The molecule has 3 aromatic rings. The van der Waals surface area contributed by atoms with Crippen molar-refractivity contribution in [3.8, 4) is 11.5 Å². The Morgan fingerprint density at radius 3 is 2.23 bits per heavy atom. The Hall–Kier alpha value is -3.12. The van der Waals surface area contributed by atoms with Gasteiger partial charge >= 0.3 is 0 Å². The highest BCUT2D eigenvalue weighted by atomic mass is 32.2. The third-order valence-corrected chi connectivity index (χ3v) is 4.51. The van der Waals surface area contributed by atoms with Gasteiger partial charge in [-0.15, -0.1) is 22.0 Å². The molecule has 26 heavy (non-hydrogen) atoms. The number of carbonyl (C=O) groups excluding carboxylic acids is 1. The summed E-state index contributed by atoms with van der Waals surface area (Å²) >= 11 is 1.53. The minimum atomic E-state index is -0.357. The number of aromatic hydroxyl groups is 2. The van der Waals surface area contributed by atoms with E-state index in [0.29, 0.717) is 11.3 Å². The predicted molar refractivity (Wildman–Crippen MR) is 102 cm³/mol. The quantitative estimate of drug-likeness (QED) is 0.357. The van der Waals surface area contributed by atoms with E-state index in [0.717, 1.165) is 11.0 Å². The van der Waals surface area contributed by atoms with Crippen molar-refractivity contribution in [2.24, 2.45) is 10.2 Å². The van der Waals surface area contributed by atoms with E-state index in [-0.39, 0.29) is 28.5 Å². The molecule has 0 spiro atoms. The van der Waals surface area contributed by atoms with Crippen molar-refractivity contribution in [2.45, 2.75) is 4.90 Å². The number of azo groups is 1. The number of rotatable bonds is 5. The largest absolute Gasteiger partial charge is 0.507 e. The maximum absolute atomic E-state index is 12.6. The van der Waals surface area contributed by atoms with Gasteiger partial charge in [0.05, 0.1) is 11.3 Å². The number of phenols is 2. The van der Waals surface area contributed by atoms with Crippen LogP contribution in [0.2, 0.25) is 0 Å². The van der Waals surface area contributed by atoms with E-state index in [4.69, 9.17) is 0 Å². The summed E-state index contributed by atoms with van der Waals surface area (Å²) in [7, 11) is 0. The van der Waals surface area contributed by atoms with Gasteiger partial charge in [0.1, 0.15) is 17.2 Å². The van der Waals surface area contributed by atoms with Crippen LogP contribution in [0.4, 0.5) is 11.4 Å². The average molecular weight is 364 g/mol. The number of thioether (sulfide) groups is 1. The van der Waals surface area contributed by atoms with Crippen LogP contribution in [0.25, 0.3) is 0 Å². The van der Waals surface area contributed by atoms with Gasteiger partial charge < -0.3 is 10.2 Å². The van der Waals surface area contributed by atoms with Gasteiger partial charge in [0.15, 0.2) is 5.78 Å². The van der Waals surface area contributed by atoms with Crippen LogP contribution < -0.4 is 0 Å². The van der Waals surface area contributed by atoms with Gasteiger partial charge in [0, 0.05) is 16.5 Å². The van der Waals surface area contributed by atoms with Gasteiger partial charge in [0.2, 0.25) is 0 Å². The topological polar surface area (TPSA) is 82.2 Å². The molecule has 0 heterocycles. The molecular formula is C20H16N2O3S. The minimum Gasteiger partial charge on any atom is -0.507 e. The molecule has 0 aliphatic rings. The van der Waals surface area contributed by atoms with Crippen molar-refractivity contribution in [1.29, 1.82) is 0 Å². The third-order valence-electron chi connectivity index (χ3n) is 3.72. The van der Waals surface area contributed by atoms with E-state index in [1.54, 1.807) is 30.3 Å². The summed E-state index contributed by atoms with van der Waals surface area (Å²) in [6.45, 7) is 0. The zero-order chi connectivity index (χ0) is 18.5. The standard InChI is InChI=1S/C20H16N2O3S/c1-26-19-10-6-5-9-15(19)21-22-16-11-14(17(23)12-18(16)24)20(25)13-7-3-2-4-8-13/h2-12,23-24H,1H3. The molecule has 5 nitrogen and oxygen atoms in total. The second-order valence-corrected chi connectivity index (χ2v) is 6.27. The molecule has 6 heteroatoms. The highest BCUT2D eigenvalue weighted by Gasteiger charge is 2.17. The molecule has 0 bridgehead atoms. The highest BCUT2D eigenvalue weighted by Crippen LogP contribution is 2.36. The molecule has 0 atom stereocenters. The normalized spacial score (nSPS) is 11.0. The van der Waals surface area contributed by atoms with Crippen LogP contribution in [0, 0.1) is 0 Å². The molecular weight excluding hydrogens is 348 g/mol. The lowest BCUT2D eigenvalue weighted by Gasteiger charge is -2.07. The van der Waals surface area contributed by atoms with Crippen LogP contribution in [-0.2, 0) is 0 Å². The number of ketones is 1. The molecule has 0 radical (unpaired) electrons. The van der Waals surface area contributed by atoms with Crippen LogP contribution in [0.3, 0.4) is 0 Å². The van der Waals surface area contributed by atoms with Crippen LogP contribution in [0.1, 0.15) is 15.9 Å². The van der Waals surface area contributed by atoms with E-state index in [1.165, 1.54) is 17.8 Å². The van der Waals surface area contributed by atoms with Crippen molar-refractivity contribution in [3.63, 3.8) is 0 Å². The number of phenolic OH excluding ortho intramolecular Hbond substituents is 2. The number of benzene rings is 3. The number of hydrogen-bond donors (Lipinski definition) is 2. The lowest BCUT2D eigenvalue weighted by Crippen LogP contribution is -2.01. The summed E-state index contributed by atoms with van der Waals surface area (Å²) in [5, 5.41) is 28.3. The van der Waals surface area contributed by atoms with Crippen molar-refractivity contribution in [3.05, 3.63) is 77.9 Å². The van der Waals surface area contributed by atoms with Crippen LogP contribution in [0.5, 0.6) is 11.5 Å². The van der Waals surface area contributed by atoms with E-state index in [2.05, 4.69) is 10.2 Å². The first kappa shape index (κ1) is 17.7. The minimum absolute atomic E-state index is 0.0566. The average Bonchev–Trinajstić information content (AvgIpc) is 2.67. The second-order valence-electron chi connectivity index (χ2n) is 5.43. The van der Waals surface area contributed by atoms with Crippen molar-refractivity contribution < 1.29 is 15.0 Å². The summed E-state index contributed by atoms with van der Waals surface area (Å²) < 4.78 is 0. The molecule has 0 aliphatic heterocycles. The highest BCUT2D eigenvalue weighted by molar-refractivity contribution is 7.98. The van der Waals surface area contributed by atoms with Gasteiger partial charge in [-0.25, -0.2) is 0 Å². The molecule has 0 unspecified atom stereocenters. The first-order chi connectivity index (χ1) is 12.6. The smallest absolute Gasteiger partial charge is 0.196 e. The van der Waals surface area contributed by atoms with Crippen LogP contribution >= 0.6 is 11.8 Å². The van der Waals surface area contributed by atoms with Gasteiger partial charge in [-0.1, -0.05) is 42.5 Å². The summed E-state index contributed by atoms with van der Waals surface area (Å²) in [5.41, 5.74) is 1.26. The molecule has 0 saturated carbocycles. The van der Waals surface area contributed by atoms with E-state index in [9.17, 15) is 15.0 Å². The summed E-state index contributed by atoms with van der Waals surface area (Å²) in [4.78, 5) is 13.5. The molecule has 0 saturated heterocycles. The Morgan fingerprint density at radius 2 is 1.50 bits per heavy atom. The van der Waals surface area contributed by atoms with Crippen molar-refractivity contribution >= 4 is 28.9 Å². The van der Waals surface area contributed by atoms with Gasteiger partial charge in [-0.3, -0.25) is 4.79 Å². The summed E-state index contributed by atoms with van der Waals surface area (Å²) in [6, 6.07) is 18.5. The lowest BCUT2D eigenvalue weighted by atomic mass is 10.0. The third kappa shape index (κ3) is 3.75. The maximum atomic E-state index is 12.6. The van der Waals surface area contributed by atoms with E-state index in [1.807, 2.05) is 30.5 Å². The molecule has 0 aliphatic carbocycles. The number of nitrogens with zero attached hydrogens (tertiary/aromatic N) is 2.